The van der Waals surface area contributed by atoms with E-state index < -0.39 is 11.8 Å². The lowest BCUT2D eigenvalue weighted by Crippen LogP contribution is -2.07. The van der Waals surface area contributed by atoms with Crippen molar-refractivity contribution in [1.82, 2.24) is 4.98 Å². The van der Waals surface area contributed by atoms with E-state index in [2.05, 4.69) is 4.98 Å². The van der Waals surface area contributed by atoms with Crippen LogP contribution >= 0.6 is 22.7 Å². The fourth-order valence-corrected chi connectivity index (χ4v) is 3.72. The van der Waals surface area contributed by atoms with Crippen molar-refractivity contribution < 1.29 is 19.8 Å². The van der Waals surface area contributed by atoms with E-state index >= 15 is 0 Å². The Bertz CT molecular complexity index is 852. The zero-order valence-corrected chi connectivity index (χ0v) is 12.6. The molecule has 0 aliphatic rings. The van der Waals surface area contributed by atoms with Crippen molar-refractivity contribution in [2.75, 3.05) is 0 Å². The minimum atomic E-state index is -1.27. The van der Waals surface area contributed by atoms with Crippen LogP contribution in [0.25, 0.3) is 9.88 Å². The Kier molecular flexibility index (Phi) is 3.74. The van der Waals surface area contributed by atoms with Crippen LogP contribution in [-0.2, 0) is 0 Å². The molecule has 0 bridgehead atoms. The summed E-state index contributed by atoms with van der Waals surface area (Å²) in [5, 5.41) is 21.4. The molecule has 3 aromatic rings. The molecule has 0 aliphatic carbocycles. The van der Waals surface area contributed by atoms with Crippen molar-refractivity contribution in [3.8, 4) is 15.6 Å². The summed E-state index contributed by atoms with van der Waals surface area (Å²) in [4.78, 5) is 28.7. The molecule has 0 radical (unpaired) electrons. The maximum Gasteiger partial charge on any atom is 0.356 e. The highest BCUT2D eigenvalue weighted by Gasteiger charge is 2.26. The number of aromatic hydroxyl groups is 1. The molecule has 110 valence electrons. The van der Waals surface area contributed by atoms with Crippen molar-refractivity contribution in [3.05, 3.63) is 57.9 Å². The predicted octanol–water partition coefficient (Wildman–Crippen LogP) is 3.51. The number of carbonyl (C=O) groups is 2. The molecule has 1 aromatic carbocycles. The van der Waals surface area contributed by atoms with Gasteiger partial charge in [-0.3, -0.25) is 4.79 Å². The Morgan fingerprint density at radius 2 is 1.86 bits per heavy atom. The number of aromatic carboxylic acids is 1. The molecule has 22 heavy (non-hydrogen) atoms. The number of para-hydroxylation sites is 1. The standard InChI is InChI=1S/C15H9NO4S2/c17-9-5-2-1-4-8(9)12(18)13-11(15(19)20)16-14(22-13)10-6-3-7-21-10/h1-7,17H,(H,19,20). The highest BCUT2D eigenvalue weighted by molar-refractivity contribution is 7.22. The van der Waals surface area contributed by atoms with Crippen molar-refractivity contribution >= 4 is 34.4 Å². The van der Waals surface area contributed by atoms with Gasteiger partial charge in [0.1, 0.15) is 15.6 Å². The van der Waals surface area contributed by atoms with Gasteiger partial charge >= 0.3 is 5.97 Å². The Morgan fingerprint density at radius 3 is 2.50 bits per heavy atom. The normalized spacial score (nSPS) is 10.5. The summed E-state index contributed by atoms with van der Waals surface area (Å²) in [6.45, 7) is 0. The maximum atomic E-state index is 12.5. The van der Waals surface area contributed by atoms with E-state index in [0.29, 0.717) is 5.01 Å². The Balaban J connectivity index is 2.12. The molecular formula is C15H9NO4S2. The maximum absolute atomic E-state index is 12.5. The largest absolute Gasteiger partial charge is 0.507 e. The number of phenolic OH excluding ortho intramolecular Hbond substituents is 1. The van der Waals surface area contributed by atoms with Gasteiger partial charge in [0.2, 0.25) is 5.78 Å². The summed E-state index contributed by atoms with van der Waals surface area (Å²) >= 11 is 2.43. The van der Waals surface area contributed by atoms with Gasteiger partial charge < -0.3 is 10.2 Å². The van der Waals surface area contributed by atoms with Gasteiger partial charge in [0.25, 0.3) is 0 Å². The van der Waals surface area contributed by atoms with Crippen molar-refractivity contribution in [2.24, 2.45) is 0 Å². The molecule has 0 unspecified atom stereocenters. The average Bonchev–Trinajstić information content (AvgIpc) is 3.16. The third kappa shape index (κ3) is 2.51. The number of nitrogens with zero attached hydrogens (tertiary/aromatic N) is 1. The van der Waals surface area contributed by atoms with Crippen molar-refractivity contribution in [3.63, 3.8) is 0 Å². The molecule has 2 N–H and O–H groups in total. The van der Waals surface area contributed by atoms with E-state index in [1.165, 1.54) is 23.5 Å². The number of carboxylic acid groups (broad SMARTS) is 1. The van der Waals surface area contributed by atoms with Gasteiger partial charge in [0.05, 0.1) is 10.4 Å². The van der Waals surface area contributed by atoms with Crippen LogP contribution in [0.1, 0.15) is 25.7 Å². The van der Waals surface area contributed by atoms with E-state index in [-0.39, 0.29) is 21.9 Å². The Hall–Kier alpha value is -2.51. The minimum Gasteiger partial charge on any atom is -0.507 e. The molecule has 7 heteroatoms. The minimum absolute atomic E-state index is 0.0115. The number of rotatable bonds is 4. The lowest BCUT2D eigenvalue weighted by Gasteiger charge is -2.01. The van der Waals surface area contributed by atoms with Crippen LogP contribution in [0.15, 0.2) is 41.8 Å². The van der Waals surface area contributed by atoms with Crippen LogP contribution in [0.5, 0.6) is 5.75 Å². The lowest BCUT2D eigenvalue weighted by molar-refractivity contribution is 0.0687. The first-order valence-corrected chi connectivity index (χ1v) is 7.88. The smallest absolute Gasteiger partial charge is 0.356 e. The van der Waals surface area contributed by atoms with Gasteiger partial charge in [-0.15, -0.1) is 22.7 Å². The summed E-state index contributed by atoms with van der Waals surface area (Å²) in [6, 6.07) is 9.67. The molecule has 0 fully saturated rings. The molecule has 0 atom stereocenters. The topological polar surface area (TPSA) is 87.5 Å². The molecular weight excluding hydrogens is 322 g/mol. The molecule has 3 rings (SSSR count). The third-order valence-electron chi connectivity index (χ3n) is 2.92. The van der Waals surface area contributed by atoms with Gasteiger partial charge in [0, 0.05) is 0 Å². The summed E-state index contributed by atoms with van der Waals surface area (Å²) in [5.74, 6) is -2.00. The van der Waals surface area contributed by atoms with E-state index in [4.69, 9.17) is 0 Å². The second kappa shape index (κ2) is 5.70. The molecule has 2 heterocycles. The fourth-order valence-electron chi connectivity index (χ4n) is 1.91. The summed E-state index contributed by atoms with van der Waals surface area (Å²) in [5.41, 5.74) is -0.229. The fraction of sp³-hybridized carbons (Fsp3) is 0. The summed E-state index contributed by atoms with van der Waals surface area (Å²) in [6.07, 6.45) is 0. The molecule has 0 aliphatic heterocycles. The van der Waals surface area contributed by atoms with Crippen LogP contribution in [-0.4, -0.2) is 26.9 Å². The highest BCUT2D eigenvalue weighted by Crippen LogP contribution is 2.33. The van der Waals surface area contributed by atoms with E-state index in [9.17, 15) is 19.8 Å². The Labute approximate surface area is 133 Å². The van der Waals surface area contributed by atoms with E-state index in [1.54, 1.807) is 12.1 Å². The zero-order chi connectivity index (χ0) is 15.7. The number of thiazole rings is 1. The SMILES string of the molecule is O=C(O)c1nc(-c2cccs2)sc1C(=O)c1ccccc1O. The number of thiophene rings is 1. The molecule has 2 aromatic heterocycles. The van der Waals surface area contributed by atoms with Gasteiger partial charge in [-0.05, 0) is 23.6 Å². The quantitative estimate of drug-likeness (QED) is 0.714. The first kappa shape index (κ1) is 14.4. The molecule has 5 nitrogen and oxygen atoms in total. The van der Waals surface area contributed by atoms with Crippen LogP contribution in [0.4, 0.5) is 0 Å². The van der Waals surface area contributed by atoms with Crippen LogP contribution in [0.2, 0.25) is 0 Å². The number of aromatic nitrogens is 1. The monoisotopic (exact) mass is 331 g/mol. The first-order chi connectivity index (χ1) is 10.6. The number of hydrogen-bond acceptors (Lipinski definition) is 6. The molecule has 0 saturated carbocycles. The number of benzene rings is 1. The molecule has 0 saturated heterocycles. The Morgan fingerprint density at radius 1 is 1.09 bits per heavy atom. The van der Waals surface area contributed by atoms with Gasteiger partial charge in [0.15, 0.2) is 5.69 Å². The van der Waals surface area contributed by atoms with E-state index in [0.717, 1.165) is 16.2 Å². The zero-order valence-electron chi connectivity index (χ0n) is 11.0. The number of carboxylic acids is 1. The second-order valence-corrected chi connectivity index (χ2v) is 6.27. The van der Waals surface area contributed by atoms with E-state index in [1.807, 2.05) is 17.5 Å². The number of carbonyl (C=O) groups excluding carboxylic acids is 1. The van der Waals surface area contributed by atoms with Crippen molar-refractivity contribution in [1.29, 1.82) is 0 Å². The number of hydrogen-bond donors (Lipinski definition) is 2. The van der Waals surface area contributed by atoms with Gasteiger partial charge in [-0.25, -0.2) is 9.78 Å². The van der Waals surface area contributed by atoms with Gasteiger partial charge in [-0.1, -0.05) is 18.2 Å². The molecule has 0 amide bonds. The third-order valence-corrected chi connectivity index (χ3v) is 5.01. The van der Waals surface area contributed by atoms with Crippen LogP contribution < -0.4 is 0 Å². The predicted molar refractivity (Wildman–Crippen MR) is 83.9 cm³/mol. The second-order valence-electron chi connectivity index (χ2n) is 4.33. The summed E-state index contributed by atoms with van der Waals surface area (Å²) < 4.78 is 0. The molecule has 0 spiro atoms. The number of phenols is 1. The highest BCUT2D eigenvalue weighted by atomic mass is 32.1. The van der Waals surface area contributed by atoms with Gasteiger partial charge in [-0.2, -0.15) is 0 Å². The number of ketones is 1. The lowest BCUT2D eigenvalue weighted by atomic mass is 10.1. The average molecular weight is 331 g/mol. The van der Waals surface area contributed by atoms with Crippen molar-refractivity contribution in [2.45, 2.75) is 0 Å². The summed E-state index contributed by atoms with van der Waals surface area (Å²) in [7, 11) is 0. The van der Waals surface area contributed by atoms with Crippen LogP contribution in [0, 0.1) is 0 Å². The first-order valence-electron chi connectivity index (χ1n) is 6.18. The van der Waals surface area contributed by atoms with Crippen LogP contribution in [0.3, 0.4) is 0 Å².